The highest BCUT2D eigenvalue weighted by molar-refractivity contribution is 5.72. The van der Waals surface area contributed by atoms with Crippen molar-refractivity contribution >= 4 is 11.4 Å². The van der Waals surface area contributed by atoms with Gasteiger partial charge in [-0.2, -0.15) is 0 Å². The van der Waals surface area contributed by atoms with Crippen molar-refractivity contribution in [1.82, 2.24) is 4.90 Å². The minimum Gasteiger partial charge on any atom is -0.397 e. The summed E-state index contributed by atoms with van der Waals surface area (Å²) >= 11 is 0. The minimum atomic E-state index is 0.940. The monoisotopic (exact) mass is 219 g/mol. The van der Waals surface area contributed by atoms with Crippen LogP contribution in [0.15, 0.2) is 12.1 Å². The average Bonchev–Trinajstić information content (AvgIpc) is 2.25. The topological polar surface area (TPSA) is 32.5 Å². The summed E-state index contributed by atoms with van der Waals surface area (Å²) in [5.41, 5.74) is 10.8. The number of nitrogen functional groups attached to an aromatic ring is 1. The number of hydrogen-bond donors (Lipinski definition) is 1. The van der Waals surface area contributed by atoms with Crippen molar-refractivity contribution in [1.29, 1.82) is 0 Å². The fraction of sp³-hybridized carbons (Fsp3) is 0.538. The van der Waals surface area contributed by atoms with Crippen molar-refractivity contribution in [3.8, 4) is 0 Å². The van der Waals surface area contributed by atoms with E-state index in [2.05, 4.69) is 42.8 Å². The van der Waals surface area contributed by atoms with Crippen LogP contribution in [-0.4, -0.2) is 38.1 Å². The first-order valence-electron chi connectivity index (χ1n) is 5.88. The molecule has 88 valence electrons. The molecule has 0 bridgehead atoms. The third-order valence-corrected chi connectivity index (χ3v) is 3.35. The molecule has 1 aliphatic rings. The van der Waals surface area contributed by atoms with E-state index in [0.717, 1.165) is 31.9 Å². The Morgan fingerprint density at radius 1 is 1.06 bits per heavy atom. The van der Waals surface area contributed by atoms with Gasteiger partial charge in [0.25, 0.3) is 0 Å². The van der Waals surface area contributed by atoms with Gasteiger partial charge in [0.2, 0.25) is 0 Å². The van der Waals surface area contributed by atoms with Gasteiger partial charge in [-0.25, -0.2) is 0 Å². The molecule has 1 fully saturated rings. The van der Waals surface area contributed by atoms with Crippen molar-refractivity contribution in [3.63, 3.8) is 0 Å². The summed E-state index contributed by atoms with van der Waals surface area (Å²) in [4.78, 5) is 4.75. The summed E-state index contributed by atoms with van der Waals surface area (Å²) in [6.07, 6.45) is 0. The Hall–Kier alpha value is -1.22. The molecule has 0 unspecified atom stereocenters. The normalized spacial score (nSPS) is 17.8. The van der Waals surface area contributed by atoms with Crippen LogP contribution in [-0.2, 0) is 0 Å². The zero-order chi connectivity index (χ0) is 11.7. The number of likely N-dealkylation sites (N-methyl/N-ethyl adjacent to an activating group) is 1. The molecule has 1 aliphatic heterocycles. The second kappa shape index (κ2) is 4.34. The third-order valence-electron chi connectivity index (χ3n) is 3.35. The molecular formula is C13H21N3. The van der Waals surface area contributed by atoms with Gasteiger partial charge < -0.3 is 15.5 Å². The highest BCUT2D eigenvalue weighted by atomic mass is 15.2. The molecule has 16 heavy (non-hydrogen) atoms. The van der Waals surface area contributed by atoms with Crippen LogP contribution >= 0.6 is 0 Å². The number of piperazine rings is 1. The molecule has 0 aromatic heterocycles. The van der Waals surface area contributed by atoms with Gasteiger partial charge in [-0.05, 0) is 38.1 Å². The number of nitrogens with two attached hydrogens (primary N) is 1. The Bertz CT molecular complexity index is 379. The summed E-state index contributed by atoms with van der Waals surface area (Å²) in [7, 11) is 2.17. The van der Waals surface area contributed by atoms with Gasteiger partial charge in [0.1, 0.15) is 0 Å². The van der Waals surface area contributed by atoms with E-state index in [0.29, 0.717) is 0 Å². The first-order chi connectivity index (χ1) is 7.58. The van der Waals surface area contributed by atoms with Crippen LogP contribution in [0.5, 0.6) is 0 Å². The zero-order valence-electron chi connectivity index (χ0n) is 10.5. The van der Waals surface area contributed by atoms with Crippen molar-refractivity contribution in [2.45, 2.75) is 13.8 Å². The Balaban J connectivity index is 2.26. The molecule has 0 amide bonds. The van der Waals surface area contributed by atoms with Gasteiger partial charge in [0.15, 0.2) is 0 Å². The fourth-order valence-electron chi connectivity index (χ4n) is 2.27. The van der Waals surface area contributed by atoms with Gasteiger partial charge in [-0.1, -0.05) is 6.07 Å². The number of hydrogen-bond acceptors (Lipinski definition) is 3. The molecule has 0 radical (unpaired) electrons. The first-order valence-corrected chi connectivity index (χ1v) is 5.88. The molecule has 0 spiro atoms. The summed E-state index contributed by atoms with van der Waals surface area (Å²) in [5, 5.41) is 0. The van der Waals surface area contributed by atoms with Crippen molar-refractivity contribution in [3.05, 3.63) is 23.3 Å². The van der Waals surface area contributed by atoms with Crippen molar-refractivity contribution < 1.29 is 0 Å². The highest BCUT2D eigenvalue weighted by Gasteiger charge is 2.17. The zero-order valence-corrected chi connectivity index (χ0v) is 10.5. The largest absolute Gasteiger partial charge is 0.397 e. The van der Waals surface area contributed by atoms with Crippen LogP contribution < -0.4 is 10.6 Å². The van der Waals surface area contributed by atoms with Gasteiger partial charge in [-0.15, -0.1) is 0 Å². The average molecular weight is 219 g/mol. The van der Waals surface area contributed by atoms with E-state index in [9.17, 15) is 0 Å². The van der Waals surface area contributed by atoms with E-state index in [1.165, 1.54) is 16.8 Å². The molecule has 0 aliphatic carbocycles. The highest BCUT2D eigenvalue weighted by Crippen LogP contribution is 2.28. The van der Waals surface area contributed by atoms with Gasteiger partial charge >= 0.3 is 0 Å². The molecule has 2 rings (SSSR count). The van der Waals surface area contributed by atoms with Gasteiger partial charge in [0.05, 0.1) is 11.4 Å². The van der Waals surface area contributed by atoms with E-state index < -0.39 is 0 Å². The van der Waals surface area contributed by atoms with Crippen LogP contribution in [0.25, 0.3) is 0 Å². The minimum absolute atomic E-state index is 0.940. The Morgan fingerprint density at radius 3 is 2.31 bits per heavy atom. The predicted octanol–water partition coefficient (Wildman–Crippen LogP) is 1.64. The standard InChI is InChI=1S/C13H21N3/c1-10-8-11(2)13(14)12(9-10)16-6-4-15(3)5-7-16/h8-9H,4-7,14H2,1-3H3. The van der Waals surface area contributed by atoms with Gasteiger partial charge in [0, 0.05) is 26.2 Å². The number of aryl methyl sites for hydroxylation is 2. The number of anilines is 2. The molecule has 0 atom stereocenters. The van der Waals surface area contributed by atoms with Crippen LogP contribution in [0.2, 0.25) is 0 Å². The lowest BCUT2D eigenvalue weighted by atomic mass is 10.1. The summed E-state index contributed by atoms with van der Waals surface area (Å²) in [5.74, 6) is 0. The summed E-state index contributed by atoms with van der Waals surface area (Å²) < 4.78 is 0. The van der Waals surface area contributed by atoms with Gasteiger partial charge in [-0.3, -0.25) is 0 Å². The summed E-state index contributed by atoms with van der Waals surface area (Å²) in [6.45, 7) is 8.60. The lowest BCUT2D eigenvalue weighted by Gasteiger charge is -2.35. The second-order valence-corrected chi connectivity index (χ2v) is 4.80. The lowest BCUT2D eigenvalue weighted by molar-refractivity contribution is 0.313. The molecule has 3 nitrogen and oxygen atoms in total. The van der Waals surface area contributed by atoms with E-state index >= 15 is 0 Å². The predicted molar refractivity (Wildman–Crippen MR) is 70.0 cm³/mol. The maximum Gasteiger partial charge on any atom is 0.0606 e. The molecule has 1 aromatic rings. The van der Waals surface area contributed by atoms with Crippen molar-refractivity contribution in [2.24, 2.45) is 0 Å². The van der Waals surface area contributed by atoms with Crippen LogP contribution in [0.3, 0.4) is 0 Å². The summed E-state index contributed by atoms with van der Waals surface area (Å²) in [6, 6.07) is 4.35. The molecular weight excluding hydrogens is 198 g/mol. The maximum absolute atomic E-state index is 6.16. The molecule has 1 saturated heterocycles. The molecule has 2 N–H and O–H groups in total. The van der Waals surface area contributed by atoms with E-state index in [1.807, 2.05) is 0 Å². The van der Waals surface area contributed by atoms with Crippen LogP contribution in [0.1, 0.15) is 11.1 Å². The van der Waals surface area contributed by atoms with E-state index in [-0.39, 0.29) is 0 Å². The Kier molecular flexibility index (Phi) is 3.06. The number of benzene rings is 1. The van der Waals surface area contributed by atoms with E-state index in [4.69, 9.17) is 5.73 Å². The molecule has 1 aromatic carbocycles. The third kappa shape index (κ3) is 2.14. The van der Waals surface area contributed by atoms with Crippen molar-refractivity contribution in [2.75, 3.05) is 43.9 Å². The first kappa shape index (κ1) is 11.3. The fourth-order valence-corrected chi connectivity index (χ4v) is 2.27. The SMILES string of the molecule is Cc1cc(C)c(N)c(N2CCN(C)CC2)c1. The second-order valence-electron chi connectivity index (χ2n) is 4.80. The Labute approximate surface area is 97.8 Å². The lowest BCUT2D eigenvalue weighted by Crippen LogP contribution is -2.44. The number of nitrogens with zero attached hydrogens (tertiary/aromatic N) is 2. The molecule has 3 heteroatoms. The maximum atomic E-state index is 6.16. The Morgan fingerprint density at radius 2 is 1.69 bits per heavy atom. The molecule has 1 heterocycles. The quantitative estimate of drug-likeness (QED) is 0.729. The van der Waals surface area contributed by atoms with Crippen LogP contribution in [0.4, 0.5) is 11.4 Å². The number of rotatable bonds is 1. The van der Waals surface area contributed by atoms with E-state index in [1.54, 1.807) is 0 Å². The molecule has 0 saturated carbocycles. The smallest absolute Gasteiger partial charge is 0.0606 e. The van der Waals surface area contributed by atoms with Crippen LogP contribution in [0, 0.1) is 13.8 Å².